The van der Waals surface area contributed by atoms with E-state index in [4.69, 9.17) is 23.2 Å². The van der Waals surface area contributed by atoms with E-state index >= 15 is 0 Å². The second-order valence-electron chi connectivity index (χ2n) is 6.44. The Hall–Kier alpha value is -0.950. The molecule has 0 radical (unpaired) electrons. The number of amides is 1. The summed E-state index contributed by atoms with van der Waals surface area (Å²) in [5.74, 6) is -0.319. The van der Waals surface area contributed by atoms with Gasteiger partial charge < -0.3 is 14.9 Å². The molecule has 0 aromatic heterocycles. The summed E-state index contributed by atoms with van der Waals surface area (Å²) >= 11 is 13.6. The molecule has 1 N–H and O–H groups in total. The quantitative estimate of drug-likeness (QED) is 0.748. The molecule has 0 saturated heterocycles. The molecule has 146 valence electrons. The summed E-state index contributed by atoms with van der Waals surface area (Å²) < 4.78 is 0. The van der Waals surface area contributed by atoms with E-state index in [1.54, 1.807) is 29.2 Å². The number of hydrogen-bond donors (Lipinski definition) is 1. The van der Waals surface area contributed by atoms with Crippen LogP contribution in [0.15, 0.2) is 47.4 Å². The van der Waals surface area contributed by atoms with Crippen molar-refractivity contribution in [2.45, 2.75) is 16.2 Å². The van der Waals surface area contributed by atoms with Gasteiger partial charge in [-0.05, 0) is 50.0 Å². The number of carbonyl (C=O) groups is 1. The van der Waals surface area contributed by atoms with Crippen LogP contribution in [0.2, 0.25) is 10.0 Å². The molecule has 4 nitrogen and oxygen atoms in total. The van der Waals surface area contributed by atoms with Crippen LogP contribution in [0.1, 0.15) is 10.8 Å². The fourth-order valence-electron chi connectivity index (χ4n) is 2.84. The third-order valence-corrected chi connectivity index (χ3v) is 6.11. The van der Waals surface area contributed by atoms with Gasteiger partial charge in [0.25, 0.3) is 5.91 Å². The Kier molecular flexibility index (Phi) is 7.86. The van der Waals surface area contributed by atoms with Crippen molar-refractivity contribution < 1.29 is 9.90 Å². The van der Waals surface area contributed by atoms with Crippen LogP contribution in [-0.2, 0) is 4.79 Å². The number of rotatable bonds is 4. The van der Waals surface area contributed by atoms with Crippen molar-refractivity contribution in [3.05, 3.63) is 58.1 Å². The first kappa shape index (κ1) is 22.3. The standard InChI is InChI=1S/C19H20Cl2N2O2S.ClH/c1-22(2)9-10-23-15-11-14(21)7-8-16(15)26-18(17(24)19(23)25)12-3-5-13(20)6-4-12;/h3-8,11,17-18,24H,9-10H2,1-2H3;1H. The zero-order valence-electron chi connectivity index (χ0n) is 14.9. The number of hydrogen-bond acceptors (Lipinski definition) is 4. The number of carbonyl (C=O) groups excluding carboxylic acids is 1. The topological polar surface area (TPSA) is 43.8 Å². The van der Waals surface area contributed by atoms with E-state index in [0.717, 1.165) is 16.1 Å². The van der Waals surface area contributed by atoms with E-state index in [1.165, 1.54) is 11.8 Å². The molecule has 0 saturated carbocycles. The maximum absolute atomic E-state index is 13.1. The summed E-state index contributed by atoms with van der Waals surface area (Å²) in [6, 6.07) is 12.7. The lowest BCUT2D eigenvalue weighted by Crippen LogP contribution is -2.43. The van der Waals surface area contributed by atoms with Gasteiger partial charge in [0.05, 0.1) is 10.9 Å². The van der Waals surface area contributed by atoms with Crippen LogP contribution in [0, 0.1) is 0 Å². The minimum absolute atomic E-state index is 0. The third kappa shape index (κ3) is 5.11. The van der Waals surface area contributed by atoms with Gasteiger partial charge in [0.1, 0.15) is 6.10 Å². The van der Waals surface area contributed by atoms with E-state index in [0.29, 0.717) is 23.1 Å². The highest BCUT2D eigenvalue weighted by molar-refractivity contribution is 7.99. The van der Waals surface area contributed by atoms with Gasteiger partial charge in [0.2, 0.25) is 0 Å². The zero-order chi connectivity index (χ0) is 18.8. The molecular formula is C19H21Cl3N2O2S. The van der Waals surface area contributed by atoms with Gasteiger partial charge in [-0.15, -0.1) is 24.2 Å². The first-order valence-electron chi connectivity index (χ1n) is 8.22. The Morgan fingerprint density at radius 2 is 1.74 bits per heavy atom. The van der Waals surface area contributed by atoms with Crippen LogP contribution in [0.3, 0.4) is 0 Å². The van der Waals surface area contributed by atoms with Crippen LogP contribution in [0.4, 0.5) is 5.69 Å². The smallest absolute Gasteiger partial charge is 0.257 e. The van der Waals surface area contributed by atoms with Crippen molar-refractivity contribution in [2.75, 3.05) is 32.1 Å². The monoisotopic (exact) mass is 446 g/mol. The molecule has 0 spiro atoms. The molecule has 0 aliphatic carbocycles. The molecule has 1 amide bonds. The van der Waals surface area contributed by atoms with E-state index in [1.807, 2.05) is 37.2 Å². The summed E-state index contributed by atoms with van der Waals surface area (Å²) in [5, 5.41) is 11.6. The average Bonchev–Trinajstić information content (AvgIpc) is 2.70. The molecule has 3 rings (SSSR count). The highest BCUT2D eigenvalue weighted by Crippen LogP contribution is 2.46. The van der Waals surface area contributed by atoms with Gasteiger partial charge in [-0.2, -0.15) is 0 Å². The minimum atomic E-state index is -1.16. The number of likely N-dealkylation sites (N-methyl/N-ethyl adjacent to an activating group) is 1. The van der Waals surface area contributed by atoms with E-state index < -0.39 is 11.4 Å². The number of anilines is 1. The van der Waals surface area contributed by atoms with Gasteiger partial charge in [-0.25, -0.2) is 0 Å². The van der Waals surface area contributed by atoms with E-state index in [-0.39, 0.29) is 18.3 Å². The highest BCUT2D eigenvalue weighted by Gasteiger charge is 2.37. The second-order valence-corrected chi connectivity index (χ2v) is 8.50. The van der Waals surface area contributed by atoms with Crippen molar-refractivity contribution in [1.82, 2.24) is 4.90 Å². The molecule has 2 aromatic carbocycles. The van der Waals surface area contributed by atoms with Crippen LogP contribution >= 0.6 is 47.4 Å². The fourth-order valence-corrected chi connectivity index (χ4v) is 4.38. The van der Waals surface area contributed by atoms with Crippen molar-refractivity contribution >= 4 is 59.0 Å². The van der Waals surface area contributed by atoms with Crippen LogP contribution in [0.5, 0.6) is 0 Å². The molecule has 2 unspecified atom stereocenters. The normalized spacial score (nSPS) is 19.5. The Balaban J connectivity index is 0.00000261. The highest BCUT2D eigenvalue weighted by atomic mass is 35.5. The summed E-state index contributed by atoms with van der Waals surface area (Å²) in [6.45, 7) is 1.16. The fraction of sp³-hybridized carbons (Fsp3) is 0.316. The van der Waals surface area contributed by atoms with Gasteiger partial charge in [0, 0.05) is 28.0 Å². The van der Waals surface area contributed by atoms with Crippen molar-refractivity contribution in [1.29, 1.82) is 0 Å². The third-order valence-electron chi connectivity index (χ3n) is 4.24. The largest absolute Gasteiger partial charge is 0.382 e. The van der Waals surface area contributed by atoms with Gasteiger partial charge in [0.15, 0.2) is 0 Å². The van der Waals surface area contributed by atoms with Crippen molar-refractivity contribution in [2.24, 2.45) is 0 Å². The second kappa shape index (κ2) is 9.50. The molecule has 1 heterocycles. The van der Waals surface area contributed by atoms with Gasteiger partial charge >= 0.3 is 0 Å². The Labute approximate surface area is 179 Å². The molecular weight excluding hydrogens is 427 g/mol. The molecule has 8 heteroatoms. The molecule has 1 aliphatic rings. The lowest BCUT2D eigenvalue weighted by molar-refractivity contribution is -0.126. The zero-order valence-corrected chi connectivity index (χ0v) is 18.1. The van der Waals surface area contributed by atoms with Crippen LogP contribution in [0.25, 0.3) is 0 Å². The summed E-state index contributed by atoms with van der Waals surface area (Å²) in [4.78, 5) is 17.6. The Bertz CT molecular complexity index is 802. The molecule has 0 fully saturated rings. The molecule has 2 aromatic rings. The predicted octanol–water partition coefficient (Wildman–Crippen LogP) is 4.52. The molecule has 0 bridgehead atoms. The molecule has 2 atom stereocenters. The number of benzene rings is 2. The Morgan fingerprint density at radius 3 is 2.37 bits per heavy atom. The van der Waals surface area contributed by atoms with Crippen LogP contribution < -0.4 is 4.90 Å². The summed E-state index contributed by atoms with van der Waals surface area (Å²) in [6.07, 6.45) is -1.16. The summed E-state index contributed by atoms with van der Waals surface area (Å²) in [5.41, 5.74) is 1.60. The predicted molar refractivity (Wildman–Crippen MR) is 116 cm³/mol. The molecule has 1 aliphatic heterocycles. The van der Waals surface area contributed by atoms with Crippen molar-refractivity contribution in [3.63, 3.8) is 0 Å². The van der Waals surface area contributed by atoms with E-state index in [2.05, 4.69) is 0 Å². The number of halogens is 3. The minimum Gasteiger partial charge on any atom is -0.382 e. The molecule has 27 heavy (non-hydrogen) atoms. The van der Waals surface area contributed by atoms with Crippen molar-refractivity contribution in [3.8, 4) is 0 Å². The number of fused-ring (bicyclic) bond motifs is 1. The lowest BCUT2D eigenvalue weighted by atomic mass is 10.1. The van der Waals surface area contributed by atoms with Gasteiger partial charge in [-0.3, -0.25) is 4.79 Å². The number of aliphatic hydroxyl groups is 1. The first-order chi connectivity index (χ1) is 12.4. The lowest BCUT2D eigenvalue weighted by Gasteiger charge is -2.26. The SMILES string of the molecule is CN(C)CCN1C(=O)C(O)C(c2ccc(Cl)cc2)Sc2ccc(Cl)cc21.Cl. The maximum atomic E-state index is 13.1. The average molecular weight is 448 g/mol. The van der Waals surface area contributed by atoms with Crippen LogP contribution in [-0.4, -0.2) is 49.2 Å². The summed E-state index contributed by atoms with van der Waals surface area (Å²) in [7, 11) is 3.89. The number of nitrogens with zero attached hydrogens (tertiary/aromatic N) is 2. The van der Waals surface area contributed by atoms with E-state index in [9.17, 15) is 9.90 Å². The maximum Gasteiger partial charge on any atom is 0.257 e. The Morgan fingerprint density at radius 1 is 1.11 bits per heavy atom. The number of thioether (sulfide) groups is 1. The first-order valence-corrected chi connectivity index (χ1v) is 9.86. The van der Waals surface area contributed by atoms with Gasteiger partial charge in [-0.1, -0.05) is 35.3 Å². The number of aliphatic hydroxyl groups excluding tert-OH is 1.